The number of halogens is 1. The Kier molecular flexibility index (Phi) is 5.20. The zero-order chi connectivity index (χ0) is 14.5. The Labute approximate surface area is 118 Å². The number of carbonyl (C=O) groups excluding carboxylic acids is 1. The van der Waals surface area contributed by atoms with Gasteiger partial charge in [-0.05, 0) is 32.4 Å². The van der Waals surface area contributed by atoms with E-state index in [9.17, 15) is 4.79 Å². The van der Waals surface area contributed by atoms with Gasteiger partial charge in [0.2, 0.25) is 0 Å². The summed E-state index contributed by atoms with van der Waals surface area (Å²) in [4.78, 5) is 11.7. The first kappa shape index (κ1) is 15.3. The van der Waals surface area contributed by atoms with E-state index in [1.165, 1.54) is 6.07 Å². The second-order valence-corrected chi connectivity index (χ2v) is 5.26. The third-order valence-electron chi connectivity index (χ3n) is 2.78. The fourth-order valence-corrected chi connectivity index (χ4v) is 1.52. The van der Waals surface area contributed by atoms with Gasteiger partial charge in [-0.1, -0.05) is 18.5 Å². The van der Waals surface area contributed by atoms with E-state index < -0.39 is 0 Å². The second kappa shape index (κ2) is 6.44. The Balaban J connectivity index is 2.65. The van der Waals surface area contributed by atoms with Gasteiger partial charge in [-0.3, -0.25) is 4.79 Å². The van der Waals surface area contributed by atoms with Crippen molar-refractivity contribution in [3.8, 4) is 11.8 Å². The van der Waals surface area contributed by atoms with Crippen LogP contribution in [-0.2, 0) is 4.79 Å². The van der Waals surface area contributed by atoms with Crippen LogP contribution < -0.4 is 10.1 Å². The molecule has 1 N–H and O–H groups in total. The maximum absolute atomic E-state index is 11.7. The molecule has 1 amide bonds. The molecule has 0 heterocycles. The van der Waals surface area contributed by atoms with Crippen LogP contribution in [0.4, 0.5) is 0 Å². The maximum atomic E-state index is 11.7. The van der Waals surface area contributed by atoms with E-state index in [1.807, 2.05) is 26.8 Å². The molecule has 0 aromatic heterocycles. The molecule has 0 saturated heterocycles. The van der Waals surface area contributed by atoms with Gasteiger partial charge in [-0.2, -0.15) is 5.26 Å². The highest BCUT2D eigenvalue weighted by Crippen LogP contribution is 2.22. The van der Waals surface area contributed by atoms with E-state index in [2.05, 4.69) is 5.32 Å². The lowest BCUT2D eigenvalue weighted by Gasteiger charge is -2.24. The number of nitriles is 1. The Morgan fingerprint density at radius 2 is 2.21 bits per heavy atom. The Hall–Kier alpha value is -1.73. The van der Waals surface area contributed by atoms with Crippen molar-refractivity contribution in [3.05, 3.63) is 28.8 Å². The SMILES string of the molecule is CCC(C)(C)NC(=O)COc1cc(Cl)ccc1C#N. The van der Waals surface area contributed by atoms with Crippen molar-refractivity contribution in [1.82, 2.24) is 5.32 Å². The summed E-state index contributed by atoms with van der Waals surface area (Å²) in [7, 11) is 0. The quantitative estimate of drug-likeness (QED) is 0.902. The van der Waals surface area contributed by atoms with Gasteiger partial charge >= 0.3 is 0 Å². The van der Waals surface area contributed by atoms with Gasteiger partial charge < -0.3 is 10.1 Å². The summed E-state index contributed by atoms with van der Waals surface area (Å²) in [6.07, 6.45) is 0.819. The van der Waals surface area contributed by atoms with Gasteiger partial charge in [0.25, 0.3) is 5.91 Å². The molecule has 0 radical (unpaired) electrons. The third kappa shape index (κ3) is 4.80. The van der Waals surface area contributed by atoms with Crippen molar-refractivity contribution >= 4 is 17.5 Å². The number of nitrogens with zero attached hydrogens (tertiary/aromatic N) is 1. The Morgan fingerprint density at radius 3 is 2.79 bits per heavy atom. The molecule has 0 atom stereocenters. The van der Waals surface area contributed by atoms with Crippen LogP contribution in [-0.4, -0.2) is 18.1 Å². The lowest BCUT2D eigenvalue weighted by Crippen LogP contribution is -2.44. The van der Waals surface area contributed by atoms with E-state index in [4.69, 9.17) is 21.6 Å². The van der Waals surface area contributed by atoms with Crippen molar-refractivity contribution < 1.29 is 9.53 Å². The topological polar surface area (TPSA) is 62.1 Å². The number of rotatable bonds is 5. The van der Waals surface area contributed by atoms with E-state index >= 15 is 0 Å². The molecule has 0 aliphatic heterocycles. The van der Waals surface area contributed by atoms with Crippen LogP contribution in [0.2, 0.25) is 5.02 Å². The Bertz CT molecular complexity index is 507. The van der Waals surface area contributed by atoms with Gasteiger partial charge in [0.15, 0.2) is 6.61 Å². The summed E-state index contributed by atoms with van der Waals surface area (Å²) < 4.78 is 5.34. The molecule has 0 bridgehead atoms. The highest BCUT2D eigenvalue weighted by Gasteiger charge is 2.18. The van der Waals surface area contributed by atoms with Gasteiger partial charge in [0.1, 0.15) is 11.8 Å². The first-order valence-corrected chi connectivity index (χ1v) is 6.39. The minimum absolute atomic E-state index is 0.140. The molecule has 1 rings (SSSR count). The van der Waals surface area contributed by atoms with E-state index in [-0.39, 0.29) is 18.1 Å². The fourth-order valence-electron chi connectivity index (χ4n) is 1.35. The lowest BCUT2D eigenvalue weighted by atomic mass is 10.0. The van der Waals surface area contributed by atoms with Crippen molar-refractivity contribution in [3.63, 3.8) is 0 Å². The van der Waals surface area contributed by atoms with Gasteiger partial charge in [-0.15, -0.1) is 0 Å². The molecule has 1 aromatic carbocycles. The molecule has 4 nitrogen and oxygen atoms in total. The van der Waals surface area contributed by atoms with Crippen LogP contribution in [0, 0.1) is 11.3 Å². The third-order valence-corrected chi connectivity index (χ3v) is 3.02. The molecule has 0 aliphatic carbocycles. The average Bonchev–Trinajstić information content (AvgIpc) is 2.36. The Morgan fingerprint density at radius 1 is 1.53 bits per heavy atom. The maximum Gasteiger partial charge on any atom is 0.258 e. The molecule has 5 heteroatoms. The number of carbonyl (C=O) groups is 1. The molecule has 102 valence electrons. The predicted molar refractivity (Wildman–Crippen MR) is 74.2 cm³/mol. The van der Waals surface area contributed by atoms with Crippen LogP contribution in [0.1, 0.15) is 32.8 Å². The minimum Gasteiger partial charge on any atom is -0.482 e. The largest absolute Gasteiger partial charge is 0.482 e. The highest BCUT2D eigenvalue weighted by atomic mass is 35.5. The van der Waals surface area contributed by atoms with E-state index in [0.717, 1.165) is 6.42 Å². The van der Waals surface area contributed by atoms with Crippen LogP contribution in [0.3, 0.4) is 0 Å². The van der Waals surface area contributed by atoms with Gasteiger partial charge in [0.05, 0.1) is 5.56 Å². The monoisotopic (exact) mass is 280 g/mol. The van der Waals surface area contributed by atoms with Gasteiger partial charge in [-0.25, -0.2) is 0 Å². The molecule has 19 heavy (non-hydrogen) atoms. The number of amides is 1. The summed E-state index contributed by atoms with van der Waals surface area (Å²) in [6, 6.07) is 6.68. The first-order valence-electron chi connectivity index (χ1n) is 6.01. The molecule has 0 saturated carbocycles. The molecule has 0 aliphatic rings. The van der Waals surface area contributed by atoms with Gasteiger partial charge in [0, 0.05) is 16.6 Å². The minimum atomic E-state index is -0.271. The van der Waals surface area contributed by atoms with E-state index in [0.29, 0.717) is 16.3 Å². The molecule has 0 unspecified atom stereocenters. The molecule has 1 aromatic rings. The zero-order valence-corrected chi connectivity index (χ0v) is 12.0. The molecule has 0 spiro atoms. The molecule has 0 fully saturated rings. The number of hydrogen-bond acceptors (Lipinski definition) is 3. The fraction of sp³-hybridized carbons (Fsp3) is 0.429. The summed E-state index contributed by atoms with van der Waals surface area (Å²) in [5.74, 6) is 0.0927. The van der Waals surface area contributed by atoms with Crippen molar-refractivity contribution in [2.45, 2.75) is 32.7 Å². The molecular weight excluding hydrogens is 264 g/mol. The number of hydrogen-bond donors (Lipinski definition) is 1. The average molecular weight is 281 g/mol. The predicted octanol–water partition coefficient (Wildman–Crippen LogP) is 2.90. The number of ether oxygens (including phenoxy) is 1. The summed E-state index contributed by atoms with van der Waals surface area (Å²) >= 11 is 5.83. The number of benzene rings is 1. The standard InChI is InChI=1S/C14H17ClN2O2/c1-4-14(2,3)17-13(18)9-19-12-7-11(15)6-5-10(12)8-16/h5-7H,4,9H2,1-3H3,(H,17,18). The van der Waals surface area contributed by atoms with Crippen molar-refractivity contribution in [1.29, 1.82) is 5.26 Å². The van der Waals surface area contributed by atoms with E-state index in [1.54, 1.807) is 12.1 Å². The molecular formula is C14H17ClN2O2. The highest BCUT2D eigenvalue weighted by molar-refractivity contribution is 6.30. The van der Waals surface area contributed by atoms with Crippen LogP contribution in [0.5, 0.6) is 5.75 Å². The smallest absolute Gasteiger partial charge is 0.258 e. The summed E-state index contributed by atoms with van der Waals surface area (Å²) in [5, 5.41) is 12.2. The second-order valence-electron chi connectivity index (χ2n) is 4.83. The van der Waals surface area contributed by atoms with Crippen molar-refractivity contribution in [2.24, 2.45) is 0 Å². The zero-order valence-electron chi connectivity index (χ0n) is 11.3. The summed E-state index contributed by atoms with van der Waals surface area (Å²) in [6.45, 7) is 5.72. The first-order chi connectivity index (χ1) is 8.88. The number of nitrogens with one attached hydrogen (secondary N) is 1. The van der Waals surface area contributed by atoms with Crippen molar-refractivity contribution in [2.75, 3.05) is 6.61 Å². The normalized spacial score (nSPS) is 10.7. The lowest BCUT2D eigenvalue weighted by molar-refractivity contribution is -0.124. The van der Waals surface area contributed by atoms with Crippen LogP contribution in [0.15, 0.2) is 18.2 Å². The van der Waals surface area contributed by atoms with Crippen LogP contribution >= 0.6 is 11.6 Å². The van der Waals surface area contributed by atoms with Crippen LogP contribution in [0.25, 0.3) is 0 Å². The summed E-state index contributed by atoms with van der Waals surface area (Å²) in [5.41, 5.74) is 0.0827.